The Morgan fingerprint density at radius 2 is 1.78 bits per heavy atom. The van der Waals surface area contributed by atoms with Crippen LogP contribution in [0.4, 0.5) is 0 Å². The Morgan fingerprint density at radius 1 is 1.12 bits per heavy atom. The Morgan fingerprint density at radius 3 is 2.34 bits per heavy atom. The second-order valence-electron chi connectivity index (χ2n) is 10.8. The van der Waals surface area contributed by atoms with Gasteiger partial charge in [-0.3, -0.25) is 4.79 Å². The highest BCUT2D eigenvalue weighted by atomic mass is 79.9. The summed E-state index contributed by atoms with van der Waals surface area (Å²) < 4.78 is 2.71. The van der Waals surface area contributed by atoms with E-state index in [1.165, 1.54) is 17.5 Å². The smallest absolute Gasteiger partial charge is 0.226 e. The number of carbonyl (C=O) groups is 1. The molecule has 1 aromatic carbocycles. The zero-order chi connectivity index (χ0) is 22.5. The van der Waals surface area contributed by atoms with Crippen LogP contribution in [0.3, 0.4) is 0 Å². The van der Waals surface area contributed by atoms with Crippen molar-refractivity contribution in [3.8, 4) is 0 Å². The quantitative estimate of drug-likeness (QED) is 0.500. The van der Waals surface area contributed by atoms with Crippen molar-refractivity contribution in [2.24, 2.45) is 17.3 Å². The van der Waals surface area contributed by atoms with Gasteiger partial charge in [0.25, 0.3) is 0 Å². The van der Waals surface area contributed by atoms with Gasteiger partial charge in [-0.05, 0) is 96.2 Å². The van der Waals surface area contributed by atoms with Gasteiger partial charge in [0.1, 0.15) is 6.33 Å². The first kappa shape index (κ1) is 22.1. The van der Waals surface area contributed by atoms with Crippen LogP contribution in [-0.2, 0) is 10.3 Å². The summed E-state index contributed by atoms with van der Waals surface area (Å²) in [6.45, 7) is 6.66. The van der Waals surface area contributed by atoms with Gasteiger partial charge in [-0.15, -0.1) is 5.10 Å². The minimum absolute atomic E-state index is 0.0555. The van der Waals surface area contributed by atoms with Crippen molar-refractivity contribution >= 4 is 21.8 Å². The van der Waals surface area contributed by atoms with Crippen molar-refractivity contribution < 1.29 is 4.79 Å². The first-order chi connectivity index (χ1) is 15.4. The summed E-state index contributed by atoms with van der Waals surface area (Å²) in [7, 11) is 0. The Hall–Kier alpha value is -1.69. The van der Waals surface area contributed by atoms with Crippen molar-refractivity contribution in [1.29, 1.82) is 0 Å². The molecule has 0 saturated heterocycles. The Balaban J connectivity index is 1.37. The first-order valence-corrected chi connectivity index (χ1v) is 13.1. The lowest BCUT2D eigenvalue weighted by Gasteiger charge is -2.61. The lowest BCUT2D eigenvalue weighted by Crippen LogP contribution is -2.61. The zero-order valence-electron chi connectivity index (χ0n) is 19.5. The van der Waals surface area contributed by atoms with E-state index in [0.717, 1.165) is 44.9 Å². The minimum atomic E-state index is -0.271. The molecular weight excluding hydrogens is 464 g/mol. The SMILES string of the molecule is CC[C@@H](C)c1ccc([C@H](CC)NC(=O)C23C[C@@H]4C[C@@H](C2)CC(n2cnc(Br)n2)(C4)C3)cc1. The lowest BCUT2D eigenvalue weighted by atomic mass is 9.46. The first-order valence-electron chi connectivity index (χ1n) is 12.3. The molecule has 0 radical (unpaired) electrons. The molecule has 5 nitrogen and oxygen atoms in total. The molecule has 1 N–H and O–H groups in total. The van der Waals surface area contributed by atoms with Crippen LogP contribution in [0.15, 0.2) is 35.3 Å². The molecule has 32 heavy (non-hydrogen) atoms. The third-order valence-corrected chi connectivity index (χ3v) is 9.06. The van der Waals surface area contributed by atoms with Crippen LogP contribution in [0.1, 0.15) is 95.2 Å². The van der Waals surface area contributed by atoms with Gasteiger partial charge in [-0.25, -0.2) is 9.67 Å². The highest BCUT2D eigenvalue weighted by Crippen LogP contribution is 2.64. The van der Waals surface area contributed by atoms with Gasteiger partial charge >= 0.3 is 0 Å². The summed E-state index contributed by atoms with van der Waals surface area (Å²) in [4.78, 5) is 18.2. The Labute approximate surface area is 199 Å². The van der Waals surface area contributed by atoms with E-state index < -0.39 is 0 Å². The Bertz CT molecular complexity index is 970. The van der Waals surface area contributed by atoms with Crippen molar-refractivity contribution in [3.63, 3.8) is 0 Å². The van der Waals surface area contributed by atoms with E-state index in [0.29, 0.717) is 22.5 Å². The van der Waals surface area contributed by atoms with Crippen LogP contribution in [0.25, 0.3) is 0 Å². The number of aromatic nitrogens is 3. The third kappa shape index (κ3) is 3.72. The van der Waals surface area contributed by atoms with Gasteiger partial charge in [0.2, 0.25) is 10.6 Å². The van der Waals surface area contributed by atoms with E-state index >= 15 is 0 Å². The van der Waals surface area contributed by atoms with Crippen LogP contribution in [0, 0.1) is 17.3 Å². The number of nitrogens with zero attached hydrogens (tertiary/aromatic N) is 3. The standard InChI is InChI=1S/C26H35BrN4O/c1-4-17(3)20-6-8-21(9-7-20)22(5-2)29-23(32)25-11-18-10-19(12-25)14-26(13-18,15-25)31-16-28-24(27)30-31/h6-9,16-19,22H,4-5,10-15H2,1-3H3,(H,29,32)/t17-,18+,19+,22+,25?,26?/m1/s1. The van der Waals surface area contributed by atoms with Gasteiger partial charge in [0.05, 0.1) is 17.0 Å². The van der Waals surface area contributed by atoms with E-state index in [1.807, 2.05) is 6.33 Å². The largest absolute Gasteiger partial charge is 0.349 e. The average molecular weight is 499 g/mol. The molecule has 6 heteroatoms. The molecular formula is C26H35BrN4O. The maximum Gasteiger partial charge on any atom is 0.226 e. The summed E-state index contributed by atoms with van der Waals surface area (Å²) in [6.07, 6.45) is 10.4. The summed E-state index contributed by atoms with van der Waals surface area (Å²) in [6, 6.07) is 8.97. The van der Waals surface area contributed by atoms with Crippen molar-refractivity contribution in [2.75, 3.05) is 0 Å². The van der Waals surface area contributed by atoms with Gasteiger partial charge < -0.3 is 5.32 Å². The summed E-state index contributed by atoms with van der Waals surface area (Å²) in [5, 5.41) is 8.12. The summed E-state index contributed by atoms with van der Waals surface area (Å²) >= 11 is 3.42. The second-order valence-corrected chi connectivity index (χ2v) is 11.5. The van der Waals surface area contributed by atoms with Gasteiger partial charge in [0, 0.05) is 0 Å². The van der Waals surface area contributed by atoms with Crippen molar-refractivity contribution in [3.05, 3.63) is 46.5 Å². The van der Waals surface area contributed by atoms with Crippen molar-refractivity contribution in [2.45, 2.75) is 89.6 Å². The number of rotatable bonds is 7. The van der Waals surface area contributed by atoms with E-state index in [-0.39, 0.29) is 22.9 Å². The molecule has 6 rings (SSSR count). The summed E-state index contributed by atoms with van der Waals surface area (Å²) in [5.74, 6) is 2.05. The van der Waals surface area contributed by atoms with Crippen LogP contribution >= 0.6 is 15.9 Å². The monoisotopic (exact) mass is 498 g/mol. The predicted octanol–water partition coefficient (Wildman–Crippen LogP) is 6.12. The number of hydrogen-bond donors (Lipinski definition) is 1. The van der Waals surface area contributed by atoms with Crippen LogP contribution < -0.4 is 5.32 Å². The number of hydrogen-bond acceptors (Lipinski definition) is 3. The number of benzene rings is 1. The molecule has 1 amide bonds. The van der Waals surface area contributed by atoms with E-state index in [9.17, 15) is 4.79 Å². The number of carbonyl (C=O) groups excluding carboxylic acids is 1. The maximum absolute atomic E-state index is 13.9. The normalized spacial score (nSPS) is 32.6. The third-order valence-electron chi connectivity index (χ3n) is 8.70. The second kappa shape index (κ2) is 8.27. The maximum atomic E-state index is 13.9. The number of halogens is 1. The molecule has 0 aliphatic heterocycles. The molecule has 4 aliphatic carbocycles. The summed E-state index contributed by atoms with van der Waals surface area (Å²) in [5.41, 5.74) is 2.26. The van der Waals surface area contributed by atoms with Crippen molar-refractivity contribution in [1.82, 2.24) is 20.1 Å². The molecule has 4 fully saturated rings. The van der Waals surface area contributed by atoms with Gasteiger partial charge in [-0.2, -0.15) is 0 Å². The molecule has 0 spiro atoms. The Kier molecular flexibility index (Phi) is 5.71. The molecule has 0 unspecified atom stereocenters. The molecule has 172 valence electrons. The lowest BCUT2D eigenvalue weighted by molar-refractivity contribution is -0.156. The predicted molar refractivity (Wildman–Crippen MR) is 129 cm³/mol. The molecule has 2 aromatic rings. The fourth-order valence-corrected chi connectivity index (χ4v) is 7.51. The van der Waals surface area contributed by atoms with Gasteiger partial charge in [-0.1, -0.05) is 45.0 Å². The molecule has 4 saturated carbocycles. The van der Waals surface area contributed by atoms with E-state index in [1.54, 1.807) is 0 Å². The van der Waals surface area contributed by atoms with E-state index in [2.05, 4.69) is 81.0 Å². The van der Waals surface area contributed by atoms with Crippen LogP contribution in [0.2, 0.25) is 0 Å². The number of amides is 1. The molecule has 1 heterocycles. The van der Waals surface area contributed by atoms with E-state index in [4.69, 9.17) is 0 Å². The highest BCUT2D eigenvalue weighted by Gasteiger charge is 2.61. The zero-order valence-corrected chi connectivity index (χ0v) is 21.1. The fraction of sp³-hybridized carbons (Fsp3) is 0.654. The molecule has 4 aliphatic rings. The molecule has 4 atom stereocenters. The molecule has 1 aromatic heterocycles. The van der Waals surface area contributed by atoms with Crippen LogP contribution in [-0.4, -0.2) is 20.7 Å². The average Bonchev–Trinajstić information content (AvgIpc) is 3.23. The van der Waals surface area contributed by atoms with Gasteiger partial charge in [0.15, 0.2) is 0 Å². The number of nitrogens with one attached hydrogen (secondary N) is 1. The van der Waals surface area contributed by atoms with Crippen LogP contribution in [0.5, 0.6) is 0 Å². The molecule has 4 bridgehead atoms. The topological polar surface area (TPSA) is 59.8 Å². The fourth-order valence-electron chi connectivity index (χ4n) is 7.24. The minimum Gasteiger partial charge on any atom is -0.349 e. The highest BCUT2D eigenvalue weighted by molar-refractivity contribution is 9.10.